The number of Topliss-reactive ketones (excluding diaryl/α,β-unsaturated/α-hetero) is 3. The molecule has 0 bridgehead atoms. The van der Waals surface area contributed by atoms with Crippen LogP contribution in [0.2, 0.25) is 15.1 Å². The van der Waals surface area contributed by atoms with Gasteiger partial charge in [0.2, 0.25) is 41.4 Å². The summed E-state index contributed by atoms with van der Waals surface area (Å²) in [6.07, 6.45) is 8.27. The van der Waals surface area contributed by atoms with Crippen molar-refractivity contribution in [1.29, 1.82) is 10.5 Å². The number of fused-ring (bicyclic) bond motifs is 3. The van der Waals surface area contributed by atoms with Crippen molar-refractivity contribution >= 4 is 138 Å². The molecule has 7 amide bonds. The van der Waals surface area contributed by atoms with Gasteiger partial charge in [-0.2, -0.15) is 14.4 Å². The van der Waals surface area contributed by atoms with Crippen LogP contribution in [0.15, 0.2) is 72.8 Å². The highest BCUT2D eigenvalue weighted by Crippen LogP contribution is 2.61. The van der Waals surface area contributed by atoms with Gasteiger partial charge in [-0.3, -0.25) is 47.9 Å². The maximum Gasteiger partial charge on any atom is 0.271 e. The molecule has 3 aromatic heterocycles. The molecule has 6 aromatic rings. The van der Waals surface area contributed by atoms with Gasteiger partial charge in [-0.1, -0.05) is 90.5 Å². The van der Waals surface area contributed by atoms with Crippen LogP contribution in [0, 0.1) is 56.7 Å². The molecule has 598 valence electrons. The van der Waals surface area contributed by atoms with Crippen LogP contribution < -0.4 is 21.7 Å². The first-order valence-corrected chi connectivity index (χ1v) is 39.9. The Hall–Kier alpha value is -8.71. The van der Waals surface area contributed by atoms with E-state index in [2.05, 4.69) is 43.0 Å². The molecule has 3 unspecified atom stereocenters. The van der Waals surface area contributed by atoms with Crippen molar-refractivity contribution in [1.82, 2.24) is 45.6 Å². The average molecular weight is 1640 g/mol. The molecule has 112 heavy (non-hydrogen) atoms. The zero-order chi connectivity index (χ0) is 80.6. The van der Waals surface area contributed by atoms with E-state index in [1.165, 1.54) is 21.0 Å². The lowest BCUT2D eigenvalue weighted by Crippen LogP contribution is -2.53. The van der Waals surface area contributed by atoms with Crippen molar-refractivity contribution in [2.24, 2.45) is 39.7 Å². The summed E-state index contributed by atoms with van der Waals surface area (Å²) in [6.45, 7) is 0.0484. The number of primary amides is 1. The fraction of sp³-hybridized carbons (Fsp3) is 0.544. The number of carbonyl (C=O) groups is 10. The lowest BCUT2D eigenvalue weighted by atomic mass is 9.65. The zero-order valence-corrected chi connectivity index (χ0v) is 64.4. The Balaban J connectivity index is 0.000000153. The van der Waals surface area contributed by atoms with Crippen molar-refractivity contribution < 1.29 is 78.2 Å². The third-order valence-electron chi connectivity index (χ3n) is 23.7. The lowest BCUT2D eigenvalue weighted by molar-refractivity contribution is -0.156. The summed E-state index contributed by atoms with van der Waals surface area (Å²) in [5.74, 6) is -13.2. The average Bonchev–Trinajstić information content (AvgIpc) is 1.23. The van der Waals surface area contributed by atoms with Gasteiger partial charge in [0.15, 0.2) is 0 Å². The number of carbonyl (C=O) groups excluding carboxylic acids is 10. The second-order valence-corrected chi connectivity index (χ2v) is 33.7. The number of para-hydroxylation sites is 3. The highest BCUT2D eigenvalue weighted by atomic mass is 35.5. The molecule has 0 radical (unpaired) electrons. The first kappa shape index (κ1) is 82.7. The number of nitriles is 2. The first-order valence-electron chi connectivity index (χ1n) is 37.7. The van der Waals surface area contributed by atoms with E-state index in [0.29, 0.717) is 75.5 Å². The summed E-state index contributed by atoms with van der Waals surface area (Å²) < 4.78 is 93.4. The number of hydrogen-bond acceptors (Lipinski definition) is 13. The van der Waals surface area contributed by atoms with Crippen molar-refractivity contribution in [2.45, 2.75) is 208 Å². The summed E-state index contributed by atoms with van der Waals surface area (Å²) >= 11 is 18.9. The number of nitrogens with one attached hydrogen (secondary N) is 6. The predicted octanol–water partition coefficient (Wildman–Crippen LogP) is 14.0. The molecule has 9 fully saturated rings. The molecule has 3 aromatic carbocycles. The number of amides is 7. The van der Waals surface area contributed by atoms with Gasteiger partial charge in [-0.25, -0.2) is 26.3 Å². The van der Waals surface area contributed by atoms with E-state index in [9.17, 15) is 88.7 Å². The lowest BCUT2D eigenvalue weighted by Gasteiger charge is -2.44. The molecule has 3 spiro atoms. The van der Waals surface area contributed by atoms with Gasteiger partial charge in [0, 0.05) is 146 Å². The molecule has 22 nitrogen and oxygen atoms in total. The summed E-state index contributed by atoms with van der Waals surface area (Å²) in [5, 5.41) is 30.7. The van der Waals surface area contributed by atoms with E-state index in [1.54, 1.807) is 72.8 Å². The number of halogens is 10. The maximum absolute atomic E-state index is 13.9. The number of nitrogens with zero attached hydrogens (tertiary/aromatic N) is 5. The molecule has 9 atom stereocenters. The third-order valence-corrected chi connectivity index (χ3v) is 24.7. The summed E-state index contributed by atoms with van der Waals surface area (Å²) in [7, 11) is 0. The van der Waals surface area contributed by atoms with Crippen LogP contribution in [-0.4, -0.2) is 168 Å². The molecule has 6 aliphatic carbocycles. The van der Waals surface area contributed by atoms with Crippen molar-refractivity contribution in [2.75, 3.05) is 25.9 Å². The van der Waals surface area contributed by atoms with Gasteiger partial charge < -0.3 is 51.3 Å². The number of hydrogen-bond donors (Lipinski definition) is 7. The Morgan fingerprint density at radius 3 is 1.04 bits per heavy atom. The second kappa shape index (κ2) is 33.4. The Kier molecular flexibility index (Phi) is 24.7. The monoisotopic (exact) mass is 1630 g/mol. The molecule has 9 aliphatic rings. The number of nitrogens with two attached hydrogens (primary N) is 1. The van der Waals surface area contributed by atoms with E-state index in [4.69, 9.17) is 40.5 Å². The Labute approximate surface area is 659 Å². The standard InChI is InChI=1S/C26H29ClF2N4O4.2C26H27ClF2N4O3.CH3FS/c27-16-6-3-5-15-9-18(31-21(15)16)24(37)33-13-25(11-26(28,29)12-25)10-19(33)23(36)32-17(22(30)35)8-14-4-1-2-7-20(14)34;2*27-18-6-3-5-16-9-19(32-22(16)18)24(36)33-14-25(12-26(28,29)13-25)10-20(33)23(35)31-17(11-30)8-15-4-1-2-7-21(15)34;1-3-2/h3,5-6,9,14,17,19,31H,1-2,4,7-8,10-13H2,(H2,30,35)(H,32,36);2*3,5-6,9,15,17,20,32H,1-2,4,7-8,10,12-14H2,(H,31,35);1H3/t14-,17-,19?;2*15-,17-,20?;/m000./s1. The SMILES string of the molecule is CSF.N#C[C@H](C[C@@H]1CCCCC1=O)NC(=O)C1CC2(CN1C(=O)c1cc3cccc(Cl)c3[nH]1)CC(F)(F)C2.N#C[C@H](C[C@@H]1CCCCC1=O)NC(=O)C1CC2(CN1C(=O)c1cc3cccc(Cl)c3[nH]1)CC(F)(F)C2.NC(=O)[C@H](C[C@@H]1CCCCC1=O)NC(=O)C1CC2(CN1C(=O)c1cc3cccc(Cl)c3[nH]1)CC(F)(F)C2. The molecule has 3 saturated heterocycles. The van der Waals surface area contributed by atoms with Crippen LogP contribution in [0.25, 0.3) is 32.7 Å². The minimum Gasteiger partial charge on any atom is -0.368 e. The van der Waals surface area contributed by atoms with E-state index in [-0.39, 0.29) is 148 Å². The minimum absolute atomic E-state index is 0.00897. The Morgan fingerprint density at radius 2 is 0.786 bits per heavy atom. The minimum atomic E-state index is -2.84. The summed E-state index contributed by atoms with van der Waals surface area (Å²) in [4.78, 5) is 143. The molecular weight excluding hydrogens is 1550 g/mol. The van der Waals surface area contributed by atoms with Gasteiger partial charge in [-0.15, -0.1) is 0 Å². The van der Waals surface area contributed by atoms with Gasteiger partial charge in [0.1, 0.15) is 70.7 Å². The van der Waals surface area contributed by atoms with E-state index in [1.807, 2.05) is 0 Å². The van der Waals surface area contributed by atoms with Crippen LogP contribution >= 0.6 is 47.0 Å². The van der Waals surface area contributed by atoms with Gasteiger partial charge >= 0.3 is 0 Å². The van der Waals surface area contributed by atoms with Crippen LogP contribution in [0.5, 0.6) is 0 Å². The molecule has 6 heterocycles. The van der Waals surface area contributed by atoms with Crippen LogP contribution in [0.3, 0.4) is 0 Å². The van der Waals surface area contributed by atoms with Gasteiger partial charge in [-0.05, 0) is 113 Å². The van der Waals surface area contributed by atoms with E-state index in [0.717, 1.165) is 49.3 Å². The maximum atomic E-state index is 13.9. The number of aromatic amines is 3. The smallest absolute Gasteiger partial charge is 0.271 e. The zero-order valence-electron chi connectivity index (χ0n) is 61.3. The number of ketones is 3. The molecular formula is C79H86Cl3F7N12O10S. The summed E-state index contributed by atoms with van der Waals surface area (Å²) in [6, 6.07) is 18.7. The van der Waals surface area contributed by atoms with Crippen molar-refractivity contribution in [3.63, 3.8) is 0 Å². The van der Waals surface area contributed by atoms with Gasteiger partial charge in [0.25, 0.3) is 17.7 Å². The van der Waals surface area contributed by atoms with E-state index < -0.39 is 124 Å². The van der Waals surface area contributed by atoms with Gasteiger partial charge in [0.05, 0.1) is 43.8 Å². The molecule has 6 saturated carbocycles. The van der Waals surface area contributed by atoms with Crippen LogP contribution in [0.4, 0.5) is 30.2 Å². The summed E-state index contributed by atoms with van der Waals surface area (Å²) in [5.41, 5.74) is 5.31. The highest BCUT2D eigenvalue weighted by Gasteiger charge is 2.65. The molecule has 8 N–H and O–H groups in total. The van der Waals surface area contributed by atoms with Crippen LogP contribution in [0.1, 0.15) is 186 Å². The van der Waals surface area contributed by atoms with E-state index >= 15 is 0 Å². The Morgan fingerprint density at radius 1 is 0.500 bits per heavy atom. The number of rotatable bonds is 16. The van der Waals surface area contributed by atoms with Crippen molar-refractivity contribution in [3.05, 3.63) is 105 Å². The highest BCUT2D eigenvalue weighted by molar-refractivity contribution is 7.93. The third kappa shape index (κ3) is 18.2. The molecule has 3 aliphatic heterocycles. The predicted molar refractivity (Wildman–Crippen MR) is 404 cm³/mol. The number of likely N-dealkylation sites (tertiary alicyclic amines) is 3. The Bertz CT molecular complexity index is 4550. The quantitative estimate of drug-likeness (QED) is 0.0444. The second-order valence-electron chi connectivity index (χ2n) is 32.2. The van der Waals surface area contributed by atoms with Crippen molar-refractivity contribution in [3.8, 4) is 12.1 Å². The number of H-pyrrole nitrogens is 3. The fourth-order valence-electron chi connectivity index (χ4n) is 18.7. The largest absolute Gasteiger partial charge is 0.368 e. The van der Waals surface area contributed by atoms with Crippen LogP contribution in [-0.2, 0) is 33.6 Å². The number of aromatic nitrogens is 3. The fourth-order valence-corrected chi connectivity index (χ4v) is 19.4. The first-order chi connectivity index (χ1) is 53.1. The topological polar surface area (TPSA) is 337 Å². The normalized spacial score (nSPS) is 24.8. The number of alkyl halides is 6. The number of benzene rings is 3. The molecule has 15 rings (SSSR count). The molecule has 33 heteroatoms.